The summed E-state index contributed by atoms with van der Waals surface area (Å²) in [5.41, 5.74) is 3.59. The number of amides is 1. The lowest BCUT2D eigenvalue weighted by Gasteiger charge is -2.29. The molecule has 9 heteroatoms. The maximum absolute atomic E-state index is 14.9. The van der Waals surface area contributed by atoms with Crippen LogP contribution in [0.1, 0.15) is 29.2 Å². The normalized spacial score (nSPS) is 24.9. The first-order chi connectivity index (χ1) is 17.1. The van der Waals surface area contributed by atoms with E-state index in [0.717, 1.165) is 66.3 Å². The molecule has 0 saturated carbocycles. The molecule has 4 aliphatic heterocycles. The van der Waals surface area contributed by atoms with Crippen LogP contribution in [0.2, 0.25) is 0 Å². The van der Waals surface area contributed by atoms with Crippen molar-refractivity contribution in [1.29, 1.82) is 0 Å². The molecule has 2 aromatic rings. The molecule has 1 saturated heterocycles. The fourth-order valence-electron chi connectivity index (χ4n) is 5.77. The van der Waals surface area contributed by atoms with Crippen LogP contribution in [0.5, 0.6) is 0 Å². The molecule has 1 fully saturated rings. The molecule has 5 heterocycles. The number of carbonyl (C=O) groups excluding carboxylic acids is 2. The molecule has 0 aliphatic carbocycles. The molecule has 0 bridgehead atoms. The highest BCUT2D eigenvalue weighted by molar-refractivity contribution is 8.00. The van der Waals surface area contributed by atoms with Crippen LogP contribution in [-0.2, 0) is 16.1 Å². The number of carbonyl (C=O) groups is 2. The van der Waals surface area contributed by atoms with Crippen LogP contribution in [0.25, 0.3) is 6.08 Å². The van der Waals surface area contributed by atoms with Gasteiger partial charge < -0.3 is 25.2 Å². The molecular weight excluding hydrogens is 465 g/mol. The zero-order valence-electron chi connectivity index (χ0n) is 19.4. The number of thioether (sulfide) groups is 1. The first kappa shape index (κ1) is 22.7. The Balaban J connectivity index is 1.04. The number of aldehydes is 1. The Labute approximate surface area is 208 Å². The van der Waals surface area contributed by atoms with Crippen molar-refractivity contribution in [3.63, 3.8) is 0 Å². The van der Waals surface area contributed by atoms with E-state index in [4.69, 9.17) is 0 Å². The van der Waals surface area contributed by atoms with Crippen LogP contribution in [0.3, 0.4) is 0 Å². The molecule has 6 rings (SSSR count). The number of hydrogen-bond acceptors (Lipinski definition) is 7. The van der Waals surface area contributed by atoms with Crippen molar-refractivity contribution < 1.29 is 14.0 Å². The molecule has 4 aliphatic rings. The lowest BCUT2D eigenvalue weighted by atomic mass is 9.96. The minimum atomic E-state index is -0.312. The lowest BCUT2D eigenvalue weighted by Crippen LogP contribution is -2.37. The van der Waals surface area contributed by atoms with Crippen molar-refractivity contribution in [2.75, 3.05) is 48.7 Å². The second-order valence-corrected chi connectivity index (χ2v) is 10.8. The van der Waals surface area contributed by atoms with E-state index in [2.05, 4.69) is 25.4 Å². The fourth-order valence-corrected chi connectivity index (χ4v) is 6.53. The van der Waals surface area contributed by atoms with E-state index in [1.54, 1.807) is 6.07 Å². The van der Waals surface area contributed by atoms with E-state index in [-0.39, 0.29) is 23.7 Å². The molecule has 0 radical (unpaired) electrons. The third-order valence-electron chi connectivity index (χ3n) is 7.40. The Bertz CT molecular complexity index is 1200. The lowest BCUT2D eigenvalue weighted by molar-refractivity contribution is -0.114. The fraction of sp³-hybridized carbons (Fsp3) is 0.423. The average Bonchev–Trinajstić information content (AvgIpc) is 3.47. The molecule has 3 atom stereocenters. The second-order valence-electron chi connectivity index (χ2n) is 9.77. The van der Waals surface area contributed by atoms with Crippen LogP contribution in [0.4, 0.5) is 15.9 Å². The maximum Gasteiger partial charge on any atom is 0.235 e. The Kier molecular flexibility index (Phi) is 6.07. The van der Waals surface area contributed by atoms with Crippen molar-refractivity contribution in [2.24, 2.45) is 5.92 Å². The Morgan fingerprint density at radius 2 is 2.17 bits per heavy atom. The number of pyridine rings is 1. The Morgan fingerprint density at radius 3 is 3.06 bits per heavy atom. The van der Waals surface area contributed by atoms with Gasteiger partial charge >= 0.3 is 0 Å². The summed E-state index contributed by atoms with van der Waals surface area (Å²) in [6, 6.07) is 7.09. The SMILES string of the molecule is O=CC1C=Cc2ccc(F)c3c2N1CC3CN1CCC(CNCc2ccc3c(n2)NC(=O)CS3)C1. The van der Waals surface area contributed by atoms with Crippen molar-refractivity contribution in [3.8, 4) is 0 Å². The third kappa shape index (κ3) is 4.37. The number of likely N-dealkylation sites (tertiary alicyclic amines) is 1. The Morgan fingerprint density at radius 1 is 1.26 bits per heavy atom. The number of benzene rings is 1. The summed E-state index contributed by atoms with van der Waals surface area (Å²) >= 11 is 1.52. The quantitative estimate of drug-likeness (QED) is 0.575. The van der Waals surface area contributed by atoms with Crippen LogP contribution in [-0.4, -0.2) is 66.6 Å². The summed E-state index contributed by atoms with van der Waals surface area (Å²) in [6.45, 7) is 4.99. The number of fused-ring (bicyclic) bond motifs is 1. The van der Waals surface area contributed by atoms with Gasteiger partial charge in [-0.3, -0.25) is 4.79 Å². The second kappa shape index (κ2) is 9.37. The van der Waals surface area contributed by atoms with Gasteiger partial charge in [-0.05, 0) is 55.3 Å². The van der Waals surface area contributed by atoms with E-state index in [9.17, 15) is 14.0 Å². The summed E-state index contributed by atoms with van der Waals surface area (Å²) in [5, 5.41) is 6.37. The zero-order chi connectivity index (χ0) is 23.9. The molecule has 1 aromatic heterocycles. The van der Waals surface area contributed by atoms with Crippen molar-refractivity contribution >= 4 is 41.5 Å². The molecular formula is C26H28FN5O2S. The van der Waals surface area contributed by atoms with Gasteiger partial charge in [-0.15, -0.1) is 11.8 Å². The minimum absolute atomic E-state index is 0.00480. The maximum atomic E-state index is 14.9. The van der Waals surface area contributed by atoms with Gasteiger partial charge in [0.2, 0.25) is 5.91 Å². The van der Waals surface area contributed by atoms with E-state index in [1.165, 1.54) is 11.8 Å². The van der Waals surface area contributed by atoms with Gasteiger partial charge in [-0.25, -0.2) is 9.37 Å². The van der Waals surface area contributed by atoms with Crippen LogP contribution in [0, 0.1) is 11.7 Å². The topological polar surface area (TPSA) is 77.6 Å². The first-order valence-electron chi connectivity index (χ1n) is 12.2. The monoisotopic (exact) mass is 493 g/mol. The summed E-state index contributed by atoms with van der Waals surface area (Å²) < 4.78 is 14.9. The van der Waals surface area contributed by atoms with E-state index in [1.807, 2.05) is 30.4 Å². The van der Waals surface area contributed by atoms with Gasteiger partial charge in [0.05, 0.1) is 22.0 Å². The van der Waals surface area contributed by atoms with Crippen LogP contribution >= 0.6 is 11.8 Å². The molecule has 7 nitrogen and oxygen atoms in total. The van der Waals surface area contributed by atoms with Crippen LogP contribution < -0.4 is 15.5 Å². The van der Waals surface area contributed by atoms with Gasteiger partial charge in [0.25, 0.3) is 0 Å². The van der Waals surface area contributed by atoms with Crippen molar-refractivity contribution in [3.05, 3.63) is 53.0 Å². The number of rotatable bonds is 7. The predicted molar refractivity (Wildman–Crippen MR) is 135 cm³/mol. The number of hydrogen-bond donors (Lipinski definition) is 2. The highest BCUT2D eigenvalue weighted by Crippen LogP contribution is 2.44. The van der Waals surface area contributed by atoms with Gasteiger partial charge in [-0.2, -0.15) is 0 Å². The van der Waals surface area contributed by atoms with Gasteiger partial charge in [0.1, 0.15) is 24.0 Å². The molecule has 2 N–H and O–H groups in total. The van der Waals surface area contributed by atoms with Gasteiger partial charge in [0.15, 0.2) is 0 Å². The number of nitrogens with one attached hydrogen (secondary N) is 2. The largest absolute Gasteiger partial charge is 0.357 e. The number of anilines is 2. The van der Waals surface area contributed by atoms with Gasteiger partial charge in [-0.1, -0.05) is 12.2 Å². The Hall–Kier alpha value is -2.75. The van der Waals surface area contributed by atoms with E-state index < -0.39 is 0 Å². The highest BCUT2D eigenvalue weighted by Gasteiger charge is 2.39. The van der Waals surface area contributed by atoms with E-state index in [0.29, 0.717) is 30.6 Å². The molecule has 182 valence electrons. The highest BCUT2D eigenvalue weighted by atomic mass is 32.2. The van der Waals surface area contributed by atoms with Crippen molar-refractivity contribution in [1.82, 2.24) is 15.2 Å². The average molecular weight is 494 g/mol. The molecule has 0 spiro atoms. The summed E-state index contributed by atoms with van der Waals surface area (Å²) in [6.07, 6.45) is 5.89. The number of aromatic nitrogens is 1. The smallest absolute Gasteiger partial charge is 0.235 e. The molecule has 35 heavy (non-hydrogen) atoms. The summed E-state index contributed by atoms with van der Waals surface area (Å²) in [7, 11) is 0. The first-order valence-corrected chi connectivity index (χ1v) is 13.2. The zero-order valence-corrected chi connectivity index (χ0v) is 20.2. The molecule has 3 unspecified atom stereocenters. The standard InChI is InChI=1S/C26H28FN5O2S/c27-21-5-2-17-1-4-20(14-33)32-13-18(24(21)25(17)32)12-31-8-7-16(11-31)9-28-10-19-3-6-22-26(29-19)30-23(34)15-35-22/h1-6,14,16,18,20,28H,7-13,15H2,(H,29,30,34). The predicted octanol–water partition coefficient (Wildman–Crippen LogP) is 2.87. The van der Waals surface area contributed by atoms with E-state index >= 15 is 0 Å². The number of halogens is 1. The third-order valence-corrected chi connectivity index (χ3v) is 8.45. The molecule has 1 amide bonds. The van der Waals surface area contributed by atoms with Gasteiger partial charge in [0, 0.05) is 37.7 Å². The van der Waals surface area contributed by atoms with Crippen LogP contribution in [0.15, 0.2) is 35.2 Å². The van der Waals surface area contributed by atoms with Crippen molar-refractivity contribution in [2.45, 2.75) is 29.8 Å². The molecule has 1 aromatic carbocycles. The summed E-state index contributed by atoms with van der Waals surface area (Å²) in [4.78, 5) is 33.3. The summed E-state index contributed by atoms with van der Waals surface area (Å²) in [5.74, 6) is 1.52. The minimum Gasteiger partial charge on any atom is -0.357 e. The number of nitrogens with zero attached hydrogens (tertiary/aromatic N) is 3.